The smallest absolute Gasteiger partial charge is 0.252 e. The normalized spacial score (nSPS) is 13.3. The number of carbonyl (C=O) groups is 1. The average Bonchev–Trinajstić information content (AvgIpc) is 3.56. The van der Waals surface area contributed by atoms with Crippen LogP contribution in [0.3, 0.4) is 0 Å². The van der Waals surface area contributed by atoms with Gasteiger partial charge in [0, 0.05) is 30.6 Å². The van der Waals surface area contributed by atoms with Crippen LogP contribution < -0.4 is 5.32 Å². The summed E-state index contributed by atoms with van der Waals surface area (Å²) in [6.45, 7) is 2.42. The number of para-hydroxylation sites is 1. The summed E-state index contributed by atoms with van der Waals surface area (Å²) in [5, 5.41) is 13.0. The molecular formula is C27H25N7O. The average molecular weight is 464 g/mol. The van der Waals surface area contributed by atoms with E-state index in [0.29, 0.717) is 35.9 Å². The minimum atomic E-state index is -0.113. The molecule has 0 bridgehead atoms. The highest BCUT2D eigenvalue weighted by atomic mass is 16.1. The molecule has 0 spiro atoms. The molecule has 1 N–H and O–H groups in total. The van der Waals surface area contributed by atoms with Crippen molar-refractivity contribution >= 4 is 16.9 Å². The van der Waals surface area contributed by atoms with E-state index < -0.39 is 0 Å². The number of fused-ring (bicyclic) bond motifs is 1. The van der Waals surface area contributed by atoms with E-state index in [9.17, 15) is 4.79 Å². The number of amides is 1. The van der Waals surface area contributed by atoms with Crippen LogP contribution in [0.4, 0.5) is 0 Å². The lowest BCUT2D eigenvalue weighted by Crippen LogP contribution is -2.26. The van der Waals surface area contributed by atoms with Gasteiger partial charge in [0.25, 0.3) is 5.91 Å². The van der Waals surface area contributed by atoms with E-state index in [-0.39, 0.29) is 5.91 Å². The maximum Gasteiger partial charge on any atom is 0.252 e. The number of rotatable bonds is 7. The van der Waals surface area contributed by atoms with Gasteiger partial charge in [0.2, 0.25) is 0 Å². The first-order valence-electron chi connectivity index (χ1n) is 11.9. The van der Waals surface area contributed by atoms with Crippen molar-refractivity contribution in [1.82, 2.24) is 34.8 Å². The molecule has 1 amide bonds. The van der Waals surface area contributed by atoms with Crippen molar-refractivity contribution in [3.05, 3.63) is 95.7 Å². The molecule has 174 valence electrons. The Morgan fingerprint density at radius 3 is 2.71 bits per heavy atom. The van der Waals surface area contributed by atoms with Gasteiger partial charge in [0.05, 0.1) is 28.5 Å². The number of aryl methyl sites for hydroxylation is 1. The van der Waals surface area contributed by atoms with Crippen molar-refractivity contribution in [2.24, 2.45) is 0 Å². The van der Waals surface area contributed by atoms with Crippen molar-refractivity contribution < 1.29 is 4.79 Å². The van der Waals surface area contributed by atoms with Crippen molar-refractivity contribution in [2.75, 3.05) is 6.54 Å². The second kappa shape index (κ2) is 8.79. The predicted octanol–water partition coefficient (Wildman–Crippen LogP) is 4.16. The zero-order valence-electron chi connectivity index (χ0n) is 19.4. The standard InChI is InChI=1S/C27H25N7O/c1-18-25-22(27(35)29-14-12-19-16-30-33(17-19)21-7-3-2-4-8-21)15-23(20-10-11-20)31-26(25)34(32-18)24-9-5-6-13-28-24/h2-9,13,15-17,20H,10-12,14H2,1H3,(H,29,35). The quantitative estimate of drug-likeness (QED) is 0.391. The predicted molar refractivity (Wildman–Crippen MR) is 133 cm³/mol. The van der Waals surface area contributed by atoms with Gasteiger partial charge < -0.3 is 5.32 Å². The fourth-order valence-corrected chi connectivity index (χ4v) is 4.34. The van der Waals surface area contributed by atoms with Crippen LogP contribution in [0.25, 0.3) is 22.5 Å². The van der Waals surface area contributed by atoms with Crippen LogP contribution in [-0.4, -0.2) is 42.0 Å². The zero-order chi connectivity index (χ0) is 23.8. The molecule has 1 aliphatic rings. The molecule has 0 aliphatic heterocycles. The second-order valence-corrected chi connectivity index (χ2v) is 8.89. The molecule has 5 aromatic rings. The van der Waals surface area contributed by atoms with Gasteiger partial charge in [-0.15, -0.1) is 0 Å². The van der Waals surface area contributed by atoms with E-state index in [1.807, 2.05) is 78.6 Å². The lowest BCUT2D eigenvalue weighted by Gasteiger charge is -2.09. The first-order valence-corrected chi connectivity index (χ1v) is 11.9. The summed E-state index contributed by atoms with van der Waals surface area (Å²) < 4.78 is 3.59. The van der Waals surface area contributed by atoms with Gasteiger partial charge in [-0.3, -0.25) is 4.79 Å². The summed E-state index contributed by atoms with van der Waals surface area (Å²) in [5.74, 6) is 0.980. The Balaban J connectivity index is 1.25. The number of benzene rings is 1. The summed E-state index contributed by atoms with van der Waals surface area (Å²) in [7, 11) is 0. The molecule has 35 heavy (non-hydrogen) atoms. The van der Waals surface area contributed by atoms with Crippen molar-refractivity contribution in [3.8, 4) is 11.5 Å². The summed E-state index contributed by atoms with van der Waals surface area (Å²) in [6.07, 6.45) is 8.46. The molecule has 0 saturated heterocycles. The van der Waals surface area contributed by atoms with Crippen LogP contribution in [0.5, 0.6) is 0 Å². The second-order valence-electron chi connectivity index (χ2n) is 8.89. The van der Waals surface area contributed by atoms with Crippen molar-refractivity contribution in [3.63, 3.8) is 0 Å². The Morgan fingerprint density at radius 2 is 1.94 bits per heavy atom. The van der Waals surface area contributed by atoms with Crippen LogP contribution >= 0.6 is 0 Å². The topological polar surface area (TPSA) is 90.5 Å². The molecule has 0 unspecified atom stereocenters. The van der Waals surface area contributed by atoms with E-state index in [1.54, 1.807) is 10.9 Å². The number of carbonyl (C=O) groups excluding carboxylic acids is 1. The Hall–Kier alpha value is -4.33. The number of hydrogen-bond donors (Lipinski definition) is 1. The highest BCUT2D eigenvalue weighted by Crippen LogP contribution is 2.40. The molecule has 6 rings (SSSR count). The van der Waals surface area contributed by atoms with Crippen LogP contribution in [0, 0.1) is 6.92 Å². The van der Waals surface area contributed by atoms with Crippen LogP contribution in [0.15, 0.2) is 73.2 Å². The first-order chi connectivity index (χ1) is 17.2. The molecule has 1 saturated carbocycles. The molecule has 8 heteroatoms. The number of nitrogens with one attached hydrogen (secondary N) is 1. The lowest BCUT2D eigenvalue weighted by molar-refractivity contribution is 0.0955. The minimum Gasteiger partial charge on any atom is -0.352 e. The Bertz CT molecular complexity index is 1500. The molecule has 8 nitrogen and oxygen atoms in total. The van der Waals surface area contributed by atoms with Crippen LogP contribution in [0.1, 0.15) is 46.1 Å². The van der Waals surface area contributed by atoms with Gasteiger partial charge in [0.1, 0.15) is 0 Å². The minimum absolute atomic E-state index is 0.113. The van der Waals surface area contributed by atoms with Crippen LogP contribution in [0.2, 0.25) is 0 Å². The number of pyridine rings is 2. The molecule has 1 aromatic carbocycles. The van der Waals surface area contributed by atoms with Gasteiger partial charge in [-0.25, -0.2) is 14.6 Å². The molecule has 0 radical (unpaired) electrons. The van der Waals surface area contributed by atoms with Gasteiger partial charge in [-0.1, -0.05) is 24.3 Å². The molecule has 4 aromatic heterocycles. The maximum absolute atomic E-state index is 13.4. The largest absolute Gasteiger partial charge is 0.352 e. The van der Waals surface area contributed by atoms with E-state index in [4.69, 9.17) is 4.98 Å². The Morgan fingerprint density at radius 1 is 1.11 bits per heavy atom. The third-order valence-corrected chi connectivity index (χ3v) is 6.30. The fraction of sp³-hybridized carbons (Fsp3) is 0.222. The Kier molecular flexibility index (Phi) is 5.33. The van der Waals surface area contributed by atoms with E-state index in [1.165, 1.54) is 0 Å². The van der Waals surface area contributed by atoms with E-state index in [0.717, 1.165) is 40.9 Å². The zero-order valence-corrected chi connectivity index (χ0v) is 19.4. The number of hydrogen-bond acceptors (Lipinski definition) is 5. The van der Waals surface area contributed by atoms with Gasteiger partial charge in [0.15, 0.2) is 11.5 Å². The van der Waals surface area contributed by atoms with Gasteiger partial charge in [-0.05, 0) is 62.1 Å². The van der Waals surface area contributed by atoms with Crippen LogP contribution in [-0.2, 0) is 6.42 Å². The molecule has 1 aliphatic carbocycles. The van der Waals surface area contributed by atoms with Gasteiger partial charge >= 0.3 is 0 Å². The molecular weight excluding hydrogens is 438 g/mol. The van der Waals surface area contributed by atoms with E-state index >= 15 is 0 Å². The monoisotopic (exact) mass is 463 g/mol. The summed E-state index contributed by atoms with van der Waals surface area (Å²) in [5.41, 5.74) is 5.08. The maximum atomic E-state index is 13.4. The molecule has 1 fully saturated rings. The number of aromatic nitrogens is 6. The highest BCUT2D eigenvalue weighted by molar-refractivity contribution is 6.06. The SMILES string of the molecule is Cc1nn(-c2ccccn2)c2nc(C3CC3)cc(C(=O)NCCc3cnn(-c4ccccc4)c3)c12. The summed E-state index contributed by atoms with van der Waals surface area (Å²) in [6, 6.07) is 17.6. The third-order valence-electron chi connectivity index (χ3n) is 6.30. The molecule has 4 heterocycles. The van der Waals surface area contributed by atoms with Crippen molar-refractivity contribution in [1.29, 1.82) is 0 Å². The molecule has 0 atom stereocenters. The Labute approximate surface area is 202 Å². The summed E-state index contributed by atoms with van der Waals surface area (Å²) >= 11 is 0. The van der Waals surface area contributed by atoms with Gasteiger partial charge in [-0.2, -0.15) is 14.9 Å². The number of nitrogens with zero attached hydrogens (tertiary/aromatic N) is 6. The lowest BCUT2D eigenvalue weighted by atomic mass is 10.1. The van der Waals surface area contributed by atoms with E-state index in [2.05, 4.69) is 20.5 Å². The third kappa shape index (κ3) is 4.19. The fourth-order valence-electron chi connectivity index (χ4n) is 4.34. The van der Waals surface area contributed by atoms with Crippen molar-refractivity contribution in [2.45, 2.75) is 32.1 Å². The highest BCUT2D eigenvalue weighted by Gasteiger charge is 2.29. The summed E-state index contributed by atoms with van der Waals surface area (Å²) in [4.78, 5) is 22.7. The first kappa shape index (κ1) is 21.2.